The van der Waals surface area contributed by atoms with Crippen LogP contribution in [0.3, 0.4) is 0 Å². The third-order valence-electron chi connectivity index (χ3n) is 2.67. The van der Waals surface area contributed by atoms with Crippen molar-refractivity contribution >= 4 is 27.1 Å². The van der Waals surface area contributed by atoms with Crippen LogP contribution in [0.2, 0.25) is 0 Å². The molecule has 0 atom stereocenters. The fraction of sp³-hybridized carbons (Fsp3) is 0.0833. The second kappa shape index (κ2) is 5.37. The number of hydrogen-bond donors (Lipinski definition) is 2. The molecule has 1 heterocycles. The van der Waals surface area contributed by atoms with Crippen molar-refractivity contribution in [3.8, 4) is 0 Å². The van der Waals surface area contributed by atoms with Gasteiger partial charge in [0.25, 0.3) is 15.7 Å². The number of hydrogen-bond acceptors (Lipinski definition) is 6. The van der Waals surface area contributed by atoms with Crippen LogP contribution in [0, 0.1) is 17.0 Å². The molecule has 0 aliphatic rings. The van der Waals surface area contributed by atoms with Crippen LogP contribution >= 0.6 is 0 Å². The van der Waals surface area contributed by atoms with Crippen molar-refractivity contribution in [3.05, 3.63) is 52.3 Å². The molecule has 9 heteroatoms. The monoisotopic (exact) mass is 308 g/mol. The Morgan fingerprint density at radius 3 is 2.57 bits per heavy atom. The second-order valence-electron chi connectivity index (χ2n) is 4.27. The SMILES string of the molecule is Cc1ccc(NS(=O)(=O)c2ccc(N)c([N+](=O)[O-])c2)cn1. The van der Waals surface area contributed by atoms with Gasteiger partial charge in [-0.3, -0.25) is 19.8 Å². The summed E-state index contributed by atoms with van der Waals surface area (Å²) in [5.74, 6) is 0. The Labute approximate surface area is 120 Å². The molecule has 0 unspecified atom stereocenters. The minimum Gasteiger partial charge on any atom is -0.393 e. The van der Waals surface area contributed by atoms with Crippen LogP contribution in [-0.4, -0.2) is 18.3 Å². The maximum atomic E-state index is 12.2. The lowest BCUT2D eigenvalue weighted by Gasteiger charge is -2.08. The zero-order valence-electron chi connectivity index (χ0n) is 11.0. The summed E-state index contributed by atoms with van der Waals surface area (Å²) in [5, 5.41) is 10.8. The highest BCUT2D eigenvalue weighted by atomic mass is 32.2. The molecule has 1 aromatic heterocycles. The first-order chi connectivity index (χ1) is 9.79. The molecule has 2 aromatic rings. The number of nitro benzene ring substituents is 1. The first-order valence-corrected chi connectivity index (χ1v) is 7.27. The van der Waals surface area contributed by atoms with Gasteiger partial charge >= 0.3 is 0 Å². The molecule has 0 spiro atoms. The standard InChI is InChI=1S/C12H12N4O4S/c1-8-2-3-9(7-14-8)15-21(19,20)10-4-5-11(13)12(6-10)16(17)18/h2-7,15H,13H2,1H3. The topological polar surface area (TPSA) is 128 Å². The predicted octanol–water partition coefficient (Wildman–Crippen LogP) is 1.68. The number of nitrogens with zero attached hydrogens (tertiary/aromatic N) is 2. The molecule has 2 rings (SSSR count). The fourth-order valence-corrected chi connectivity index (χ4v) is 2.65. The van der Waals surface area contributed by atoms with Crippen LogP contribution in [0.4, 0.5) is 17.1 Å². The van der Waals surface area contributed by atoms with Crippen molar-refractivity contribution in [1.82, 2.24) is 4.98 Å². The minimum atomic E-state index is -3.95. The van der Waals surface area contributed by atoms with Crippen LogP contribution in [0.1, 0.15) is 5.69 Å². The number of nitro groups is 1. The van der Waals surface area contributed by atoms with E-state index in [0.29, 0.717) is 0 Å². The summed E-state index contributed by atoms with van der Waals surface area (Å²) >= 11 is 0. The number of nitrogen functional groups attached to an aromatic ring is 1. The largest absolute Gasteiger partial charge is 0.393 e. The van der Waals surface area contributed by atoms with Crippen LogP contribution in [-0.2, 0) is 10.0 Å². The lowest BCUT2D eigenvalue weighted by atomic mass is 10.3. The fourth-order valence-electron chi connectivity index (χ4n) is 1.59. The number of nitrogens with two attached hydrogens (primary N) is 1. The molecule has 0 saturated heterocycles. The summed E-state index contributed by atoms with van der Waals surface area (Å²) in [6.45, 7) is 1.77. The number of rotatable bonds is 4. The summed E-state index contributed by atoms with van der Waals surface area (Å²) in [6.07, 6.45) is 1.36. The van der Waals surface area contributed by atoms with Crippen LogP contribution in [0.25, 0.3) is 0 Å². The summed E-state index contributed by atoms with van der Waals surface area (Å²) in [4.78, 5) is 13.8. The van der Waals surface area contributed by atoms with Gasteiger partial charge in [0, 0.05) is 11.8 Å². The number of sulfonamides is 1. The van der Waals surface area contributed by atoms with Gasteiger partial charge in [0.15, 0.2) is 0 Å². The Balaban J connectivity index is 2.38. The number of aryl methyl sites for hydroxylation is 1. The highest BCUT2D eigenvalue weighted by molar-refractivity contribution is 7.92. The molecule has 0 radical (unpaired) electrons. The molecule has 0 saturated carbocycles. The van der Waals surface area contributed by atoms with Gasteiger partial charge < -0.3 is 5.73 Å². The van der Waals surface area contributed by atoms with E-state index < -0.39 is 20.6 Å². The smallest absolute Gasteiger partial charge is 0.293 e. The summed E-state index contributed by atoms with van der Waals surface area (Å²) < 4.78 is 26.6. The summed E-state index contributed by atoms with van der Waals surface area (Å²) in [5.41, 5.74) is 5.88. The molecule has 0 amide bonds. The third-order valence-corrected chi connectivity index (χ3v) is 4.05. The van der Waals surface area contributed by atoms with E-state index in [-0.39, 0.29) is 16.3 Å². The van der Waals surface area contributed by atoms with Gasteiger partial charge in [-0.05, 0) is 31.2 Å². The van der Waals surface area contributed by atoms with Crippen LogP contribution < -0.4 is 10.5 Å². The quantitative estimate of drug-likeness (QED) is 0.502. The van der Waals surface area contributed by atoms with E-state index in [4.69, 9.17) is 5.73 Å². The van der Waals surface area contributed by atoms with Crippen molar-refractivity contribution in [2.45, 2.75) is 11.8 Å². The number of nitrogens with one attached hydrogen (secondary N) is 1. The van der Waals surface area contributed by atoms with Gasteiger partial charge in [-0.2, -0.15) is 0 Å². The van der Waals surface area contributed by atoms with Gasteiger partial charge in [0.05, 0.1) is 21.7 Å². The molecular formula is C12H12N4O4S. The number of pyridine rings is 1. The van der Waals surface area contributed by atoms with Gasteiger partial charge in [-0.15, -0.1) is 0 Å². The number of anilines is 2. The van der Waals surface area contributed by atoms with Gasteiger partial charge in [0.2, 0.25) is 0 Å². The number of aromatic nitrogens is 1. The first-order valence-electron chi connectivity index (χ1n) is 5.79. The lowest BCUT2D eigenvalue weighted by molar-refractivity contribution is -0.384. The third kappa shape index (κ3) is 3.26. The highest BCUT2D eigenvalue weighted by Gasteiger charge is 2.20. The zero-order chi connectivity index (χ0) is 15.6. The average molecular weight is 308 g/mol. The van der Waals surface area contributed by atoms with Gasteiger partial charge in [0.1, 0.15) is 5.69 Å². The minimum absolute atomic E-state index is 0.101. The van der Waals surface area contributed by atoms with E-state index in [2.05, 4.69) is 9.71 Å². The molecule has 21 heavy (non-hydrogen) atoms. The van der Waals surface area contributed by atoms with Crippen molar-refractivity contribution in [3.63, 3.8) is 0 Å². The van der Waals surface area contributed by atoms with E-state index >= 15 is 0 Å². The highest BCUT2D eigenvalue weighted by Crippen LogP contribution is 2.25. The predicted molar refractivity (Wildman–Crippen MR) is 77.3 cm³/mol. The van der Waals surface area contributed by atoms with Crippen molar-refractivity contribution < 1.29 is 13.3 Å². The first kappa shape index (κ1) is 14.7. The van der Waals surface area contributed by atoms with Crippen LogP contribution in [0.5, 0.6) is 0 Å². The van der Waals surface area contributed by atoms with Crippen molar-refractivity contribution in [1.29, 1.82) is 0 Å². The van der Waals surface area contributed by atoms with Crippen molar-refractivity contribution in [2.75, 3.05) is 10.5 Å². The zero-order valence-corrected chi connectivity index (χ0v) is 11.8. The molecule has 0 aliphatic carbocycles. The average Bonchev–Trinajstić information content (AvgIpc) is 2.41. The van der Waals surface area contributed by atoms with E-state index in [1.54, 1.807) is 19.1 Å². The van der Waals surface area contributed by atoms with E-state index in [1.807, 2.05) is 0 Å². The second-order valence-corrected chi connectivity index (χ2v) is 5.95. The summed E-state index contributed by atoms with van der Waals surface area (Å²) in [7, 11) is -3.95. The maximum Gasteiger partial charge on any atom is 0.293 e. The Morgan fingerprint density at radius 2 is 2.00 bits per heavy atom. The lowest BCUT2D eigenvalue weighted by Crippen LogP contribution is -2.13. The summed E-state index contributed by atoms with van der Waals surface area (Å²) in [6, 6.07) is 6.49. The molecule has 0 bridgehead atoms. The van der Waals surface area contributed by atoms with Gasteiger partial charge in [-0.25, -0.2) is 8.42 Å². The normalized spacial score (nSPS) is 11.1. The maximum absolute atomic E-state index is 12.2. The molecular weight excluding hydrogens is 296 g/mol. The number of benzene rings is 1. The Bertz CT molecular complexity index is 787. The molecule has 0 aliphatic heterocycles. The molecule has 0 fully saturated rings. The Hall–Kier alpha value is -2.68. The van der Waals surface area contributed by atoms with E-state index in [0.717, 1.165) is 11.8 Å². The van der Waals surface area contributed by atoms with Gasteiger partial charge in [-0.1, -0.05) is 0 Å². The van der Waals surface area contributed by atoms with E-state index in [1.165, 1.54) is 18.3 Å². The van der Waals surface area contributed by atoms with Crippen LogP contribution in [0.15, 0.2) is 41.4 Å². The van der Waals surface area contributed by atoms with E-state index in [9.17, 15) is 18.5 Å². The molecule has 8 nitrogen and oxygen atoms in total. The Kier molecular flexibility index (Phi) is 3.76. The van der Waals surface area contributed by atoms with Crippen molar-refractivity contribution in [2.24, 2.45) is 0 Å². The molecule has 1 aromatic carbocycles. The molecule has 3 N–H and O–H groups in total. The Morgan fingerprint density at radius 1 is 1.29 bits per heavy atom. The molecule has 110 valence electrons.